The number of hydrogen-bond acceptors (Lipinski definition) is 4. The number of nitrogens with one attached hydrogen (secondary N) is 1. The number of benzene rings is 1. The highest BCUT2D eigenvalue weighted by molar-refractivity contribution is 7.99. The average molecular weight is 520 g/mol. The van der Waals surface area contributed by atoms with Crippen LogP contribution < -0.4 is 5.32 Å². The standard InChI is InChI=1S/C25H27F6NO2S/c1-16(17-11-18(24(26,27)28)13-19(12-17)25(29,30)31)34-23(6-3-2-4-7-23)21-14-33-9-5-20(21)22-15-35-10-8-32-22/h3,5-6,9,11-13,16,22,32H,2,4,7-8,10,14-15H2,1H3/t16-,22?,23?/m1/s1. The highest BCUT2D eigenvalue weighted by Crippen LogP contribution is 2.43. The smallest absolute Gasteiger partial charge is 0.416 e. The third-order valence-electron chi connectivity index (χ3n) is 6.50. The van der Waals surface area contributed by atoms with Gasteiger partial charge in [-0.25, -0.2) is 0 Å². The minimum Gasteiger partial charge on any atom is -0.497 e. The van der Waals surface area contributed by atoms with E-state index in [9.17, 15) is 26.3 Å². The number of hydrogen-bond donors (Lipinski definition) is 1. The van der Waals surface area contributed by atoms with Gasteiger partial charge in [0.2, 0.25) is 0 Å². The first kappa shape index (κ1) is 26.2. The molecule has 0 radical (unpaired) electrons. The van der Waals surface area contributed by atoms with Gasteiger partial charge in [0.25, 0.3) is 0 Å². The maximum Gasteiger partial charge on any atom is 0.416 e. The number of rotatable bonds is 5. The Bertz CT molecular complexity index is 978. The molecule has 1 saturated heterocycles. The van der Waals surface area contributed by atoms with Crippen molar-refractivity contribution in [3.05, 3.63) is 70.5 Å². The first-order valence-corrected chi connectivity index (χ1v) is 12.6. The summed E-state index contributed by atoms with van der Waals surface area (Å²) in [6.07, 6.45) is -1.39. The molecule has 0 aromatic heterocycles. The lowest BCUT2D eigenvalue weighted by Crippen LogP contribution is -2.44. The molecule has 3 atom stereocenters. The van der Waals surface area contributed by atoms with Gasteiger partial charge in [-0.05, 0) is 61.6 Å². The average Bonchev–Trinajstić information content (AvgIpc) is 2.84. The number of ether oxygens (including phenoxy) is 2. The lowest BCUT2D eigenvalue weighted by Gasteiger charge is -2.41. The predicted molar refractivity (Wildman–Crippen MR) is 123 cm³/mol. The van der Waals surface area contributed by atoms with Crippen LogP contribution in [0.25, 0.3) is 0 Å². The molecule has 0 amide bonds. The largest absolute Gasteiger partial charge is 0.497 e. The third-order valence-corrected chi connectivity index (χ3v) is 7.56. The van der Waals surface area contributed by atoms with E-state index >= 15 is 0 Å². The summed E-state index contributed by atoms with van der Waals surface area (Å²) in [5, 5.41) is 3.49. The van der Waals surface area contributed by atoms with Gasteiger partial charge in [0.15, 0.2) is 0 Å². The molecule has 0 spiro atoms. The fourth-order valence-electron chi connectivity index (χ4n) is 4.75. The molecular formula is C25H27F6NO2S. The van der Waals surface area contributed by atoms with Gasteiger partial charge in [-0.15, -0.1) is 0 Å². The van der Waals surface area contributed by atoms with Crippen LogP contribution in [0, 0.1) is 0 Å². The van der Waals surface area contributed by atoms with Crippen LogP contribution in [0.2, 0.25) is 0 Å². The van der Waals surface area contributed by atoms with Gasteiger partial charge >= 0.3 is 12.4 Å². The maximum absolute atomic E-state index is 13.4. The summed E-state index contributed by atoms with van der Waals surface area (Å²) in [4.78, 5) is 0. The zero-order valence-corrected chi connectivity index (χ0v) is 20.0. The van der Waals surface area contributed by atoms with E-state index in [0.29, 0.717) is 6.42 Å². The highest BCUT2D eigenvalue weighted by Gasteiger charge is 2.41. The Morgan fingerprint density at radius 1 is 1.11 bits per heavy atom. The minimum absolute atomic E-state index is 0.0559. The lowest BCUT2D eigenvalue weighted by atomic mass is 9.79. The van der Waals surface area contributed by atoms with Crippen molar-refractivity contribution >= 4 is 11.8 Å². The lowest BCUT2D eigenvalue weighted by molar-refractivity contribution is -0.143. The van der Waals surface area contributed by atoms with Crippen LogP contribution in [-0.2, 0) is 21.8 Å². The zero-order chi connectivity index (χ0) is 25.3. The molecule has 1 N–H and O–H groups in total. The number of allylic oxidation sites excluding steroid dienone is 1. The van der Waals surface area contributed by atoms with E-state index in [4.69, 9.17) is 9.47 Å². The molecule has 192 valence electrons. The van der Waals surface area contributed by atoms with Gasteiger partial charge in [-0.1, -0.05) is 12.2 Å². The molecule has 3 nitrogen and oxygen atoms in total. The van der Waals surface area contributed by atoms with Crippen molar-refractivity contribution in [3.8, 4) is 0 Å². The summed E-state index contributed by atoms with van der Waals surface area (Å²) in [7, 11) is 0. The molecule has 2 aliphatic heterocycles. The molecular weight excluding hydrogens is 492 g/mol. The summed E-state index contributed by atoms with van der Waals surface area (Å²) in [6, 6.07) is 1.68. The normalized spacial score (nSPS) is 26.5. The molecule has 1 aromatic carbocycles. The van der Waals surface area contributed by atoms with Crippen molar-refractivity contribution in [2.45, 2.75) is 56.3 Å². The van der Waals surface area contributed by atoms with Crippen molar-refractivity contribution in [1.29, 1.82) is 0 Å². The predicted octanol–water partition coefficient (Wildman–Crippen LogP) is 6.83. The van der Waals surface area contributed by atoms with E-state index in [2.05, 4.69) is 5.32 Å². The monoisotopic (exact) mass is 519 g/mol. The van der Waals surface area contributed by atoms with Gasteiger partial charge in [0, 0.05) is 29.7 Å². The molecule has 1 aromatic rings. The van der Waals surface area contributed by atoms with Crippen LogP contribution in [0.1, 0.15) is 49.0 Å². The number of alkyl halides is 6. The summed E-state index contributed by atoms with van der Waals surface area (Å²) >= 11 is 1.82. The van der Waals surface area contributed by atoms with Gasteiger partial charge in [-0.3, -0.25) is 0 Å². The maximum atomic E-state index is 13.4. The van der Waals surface area contributed by atoms with Gasteiger partial charge in [0.05, 0.1) is 23.5 Å². The second kappa shape index (κ2) is 10.2. The van der Waals surface area contributed by atoms with Gasteiger partial charge in [-0.2, -0.15) is 38.1 Å². The molecule has 1 fully saturated rings. The van der Waals surface area contributed by atoms with E-state index < -0.39 is 35.2 Å². The molecule has 35 heavy (non-hydrogen) atoms. The molecule has 2 heterocycles. The molecule has 3 aliphatic rings. The summed E-state index contributed by atoms with van der Waals surface area (Å²) in [6.45, 7) is 2.57. The molecule has 10 heteroatoms. The second-order valence-corrected chi connectivity index (χ2v) is 10.1. The fourth-order valence-corrected chi connectivity index (χ4v) is 5.71. The van der Waals surface area contributed by atoms with Crippen LogP contribution in [0.15, 0.2) is 53.8 Å². The first-order chi connectivity index (χ1) is 16.5. The number of halogens is 6. The van der Waals surface area contributed by atoms with E-state index in [1.165, 1.54) is 6.92 Å². The molecule has 0 saturated carbocycles. The zero-order valence-electron chi connectivity index (χ0n) is 19.1. The Morgan fingerprint density at radius 3 is 2.40 bits per heavy atom. The number of thioether (sulfide) groups is 1. The third kappa shape index (κ3) is 5.91. The summed E-state index contributed by atoms with van der Waals surface area (Å²) in [5.41, 5.74) is -2.01. The van der Waals surface area contributed by atoms with Gasteiger partial charge in [0.1, 0.15) is 12.2 Å². The van der Waals surface area contributed by atoms with Gasteiger partial charge < -0.3 is 14.8 Å². The first-order valence-electron chi connectivity index (χ1n) is 11.5. The molecule has 2 unspecified atom stereocenters. The Labute approximate surface area is 204 Å². The van der Waals surface area contributed by atoms with Crippen molar-refractivity contribution in [2.75, 3.05) is 24.7 Å². The van der Waals surface area contributed by atoms with Crippen molar-refractivity contribution in [3.63, 3.8) is 0 Å². The van der Waals surface area contributed by atoms with E-state index in [0.717, 1.165) is 54.2 Å². The summed E-state index contributed by atoms with van der Waals surface area (Å²) in [5.74, 6) is 1.84. The fraction of sp³-hybridized carbons (Fsp3) is 0.520. The van der Waals surface area contributed by atoms with E-state index in [1.54, 1.807) is 6.26 Å². The quantitative estimate of drug-likeness (QED) is 0.341. The van der Waals surface area contributed by atoms with Crippen molar-refractivity contribution in [1.82, 2.24) is 5.32 Å². The van der Waals surface area contributed by atoms with Crippen LogP contribution in [-0.4, -0.2) is 36.3 Å². The van der Waals surface area contributed by atoms with E-state index in [-0.39, 0.29) is 24.3 Å². The van der Waals surface area contributed by atoms with Crippen LogP contribution in [0.4, 0.5) is 26.3 Å². The van der Waals surface area contributed by atoms with Crippen LogP contribution in [0.5, 0.6) is 0 Å². The van der Waals surface area contributed by atoms with E-state index in [1.807, 2.05) is 30.0 Å². The topological polar surface area (TPSA) is 30.5 Å². The van der Waals surface area contributed by atoms with Crippen LogP contribution >= 0.6 is 11.8 Å². The molecule has 4 rings (SSSR count). The van der Waals surface area contributed by atoms with Crippen molar-refractivity contribution in [2.24, 2.45) is 0 Å². The molecule has 0 bridgehead atoms. The van der Waals surface area contributed by atoms with Crippen molar-refractivity contribution < 1.29 is 35.8 Å². The van der Waals surface area contributed by atoms with Crippen LogP contribution in [0.3, 0.4) is 0 Å². The Kier molecular flexibility index (Phi) is 7.64. The SMILES string of the molecule is C[C@@H](OC1(C2=C(C3CSCCN3)C=COC2)C=CCCC1)c1cc(C(F)(F)F)cc(C(F)(F)F)c1. The Hall–Kier alpha value is -1.91. The summed E-state index contributed by atoms with van der Waals surface area (Å²) < 4.78 is 92.6. The minimum atomic E-state index is -4.92. The Balaban J connectivity index is 1.74. The molecule has 1 aliphatic carbocycles. The second-order valence-electron chi connectivity index (χ2n) is 8.91. The Morgan fingerprint density at radius 2 is 1.83 bits per heavy atom. The highest BCUT2D eigenvalue weighted by atomic mass is 32.2.